The van der Waals surface area contributed by atoms with Crippen LogP contribution in [0.3, 0.4) is 0 Å². The first-order chi connectivity index (χ1) is 14.0. The number of likely N-dealkylation sites (tertiary alicyclic amines) is 1. The van der Waals surface area contributed by atoms with Crippen molar-refractivity contribution in [3.63, 3.8) is 0 Å². The van der Waals surface area contributed by atoms with Crippen molar-refractivity contribution < 1.29 is 9.59 Å². The first kappa shape index (κ1) is 18.7. The number of nitrogens with one attached hydrogen (secondary N) is 3. The van der Waals surface area contributed by atoms with Crippen LogP contribution in [0.5, 0.6) is 0 Å². The van der Waals surface area contributed by atoms with Crippen molar-refractivity contribution in [1.29, 1.82) is 0 Å². The van der Waals surface area contributed by atoms with Gasteiger partial charge in [0.15, 0.2) is 0 Å². The minimum absolute atomic E-state index is 0.191. The number of aromatic amines is 2. The lowest BCUT2D eigenvalue weighted by atomic mass is 9.96. The Morgan fingerprint density at radius 1 is 1.24 bits per heavy atom. The van der Waals surface area contributed by atoms with Crippen molar-refractivity contribution in [2.75, 3.05) is 19.6 Å². The second-order valence-corrected chi connectivity index (χ2v) is 7.18. The van der Waals surface area contributed by atoms with Gasteiger partial charge >= 0.3 is 0 Å². The Labute approximate surface area is 166 Å². The number of H-pyrrole nitrogens is 2. The maximum absolute atomic E-state index is 12.6. The molecule has 0 bridgehead atoms. The summed E-state index contributed by atoms with van der Waals surface area (Å²) < 4.78 is 1.36. The Kier molecular flexibility index (Phi) is 5.03. The Morgan fingerprint density at radius 2 is 2.00 bits per heavy atom. The van der Waals surface area contributed by atoms with E-state index in [0.717, 1.165) is 12.1 Å². The molecule has 0 radical (unpaired) electrons. The summed E-state index contributed by atoms with van der Waals surface area (Å²) in [6.45, 7) is 3.54. The number of benzene rings is 1. The fourth-order valence-corrected chi connectivity index (χ4v) is 3.42. The highest BCUT2D eigenvalue weighted by Crippen LogP contribution is 2.20. The average Bonchev–Trinajstić information content (AvgIpc) is 3.29. The number of hydrogen-bond acceptors (Lipinski definition) is 4. The van der Waals surface area contributed by atoms with Gasteiger partial charge in [0, 0.05) is 31.4 Å². The van der Waals surface area contributed by atoms with Crippen molar-refractivity contribution in [2.45, 2.75) is 13.3 Å². The Balaban J connectivity index is 1.27. The molecule has 0 saturated carbocycles. The number of hydrogen-bond donors (Lipinski definition) is 3. The number of aryl methyl sites for hydroxylation is 1. The van der Waals surface area contributed by atoms with Gasteiger partial charge in [-0.05, 0) is 31.4 Å². The summed E-state index contributed by atoms with van der Waals surface area (Å²) in [6.07, 6.45) is 2.27. The van der Waals surface area contributed by atoms with Crippen molar-refractivity contribution in [1.82, 2.24) is 30.0 Å². The molecule has 0 atom stereocenters. The minimum atomic E-state index is -0.270. The van der Waals surface area contributed by atoms with E-state index in [9.17, 15) is 14.4 Å². The molecule has 0 unspecified atom stereocenters. The molecule has 1 aromatic carbocycles. The van der Waals surface area contributed by atoms with E-state index in [0.29, 0.717) is 36.9 Å². The fourth-order valence-electron chi connectivity index (χ4n) is 3.42. The minimum Gasteiger partial charge on any atom is -0.351 e. The van der Waals surface area contributed by atoms with Crippen LogP contribution in [0.4, 0.5) is 0 Å². The standard InChI is InChI=1S/C20H22N6O3/c1-13-18(23-12-22-13)19(28)21-8-7-14-10-25(11-14)20(29)16-9-17(27)26(24-16)15-5-3-2-4-6-15/h2-6,9,12,14,24H,7-8,10-11H2,1H3,(H,21,28)(H,22,23). The number of aromatic nitrogens is 4. The highest BCUT2D eigenvalue weighted by Gasteiger charge is 2.32. The summed E-state index contributed by atoms with van der Waals surface area (Å²) in [6, 6.07) is 10.4. The van der Waals surface area contributed by atoms with Crippen LogP contribution in [-0.2, 0) is 0 Å². The highest BCUT2D eigenvalue weighted by atomic mass is 16.2. The number of para-hydroxylation sites is 1. The van der Waals surface area contributed by atoms with Crippen LogP contribution in [0.25, 0.3) is 5.69 Å². The molecular formula is C20H22N6O3. The van der Waals surface area contributed by atoms with Gasteiger partial charge in [-0.1, -0.05) is 18.2 Å². The van der Waals surface area contributed by atoms with Crippen LogP contribution in [0, 0.1) is 12.8 Å². The SMILES string of the molecule is Cc1[nH]cnc1C(=O)NCCC1CN(C(=O)c2cc(=O)n(-c3ccccc3)[nH]2)C1. The van der Waals surface area contributed by atoms with Gasteiger partial charge in [0.2, 0.25) is 0 Å². The molecule has 9 nitrogen and oxygen atoms in total. The summed E-state index contributed by atoms with van der Waals surface area (Å²) in [4.78, 5) is 45.4. The second kappa shape index (κ2) is 7.78. The molecule has 1 fully saturated rings. The third kappa shape index (κ3) is 3.84. The molecule has 1 aliphatic rings. The van der Waals surface area contributed by atoms with Gasteiger partial charge in [-0.2, -0.15) is 0 Å². The first-order valence-corrected chi connectivity index (χ1v) is 9.48. The molecule has 9 heteroatoms. The lowest BCUT2D eigenvalue weighted by Gasteiger charge is -2.39. The topological polar surface area (TPSA) is 116 Å². The molecule has 3 N–H and O–H groups in total. The van der Waals surface area contributed by atoms with Crippen molar-refractivity contribution in [2.24, 2.45) is 5.92 Å². The largest absolute Gasteiger partial charge is 0.351 e. The Morgan fingerprint density at radius 3 is 2.69 bits per heavy atom. The number of amides is 2. The van der Waals surface area contributed by atoms with Gasteiger partial charge < -0.3 is 15.2 Å². The highest BCUT2D eigenvalue weighted by molar-refractivity contribution is 5.93. The summed E-state index contributed by atoms with van der Waals surface area (Å²) in [5.41, 5.74) is 1.83. The van der Waals surface area contributed by atoms with E-state index in [1.54, 1.807) is 24.0 Å². The summed E-state index contributed by atoms with van der Waals surface area (Å²) in [5, 5.41) is 5.74. The summed E-state index contributed by atoms with van der Waals surface area (Å²) in [5.74, 6) is -0.0671. The molecule has 0 spiro atoms. The van der Waals surface area contributed by atoms with Gasteiger partial charge in [0.05, 0.1) is 12.0 Å². The quantitative estimate of drug-likeness (QED) is 0.580. The molecule has 1 saturated heterocycles. The molecule has 3 heterocycles. The number of imidazole rings is 1. The third-order valence-electron chi connectivity index (χ3n) is 5.09. The lowest BCUT2D eigenvalue weighted by Crippen LogP contribution is -2.51. The van der Waals surface area contributed by atoms with Crippen LogP contribution in [0.2, 0.25) is 0 Å². The van der Waals surface area contributed by atoms with Crippen molar-refractivity contribution in [3.05, 3.63) is 70.2 Å². The zero-order valence-electron chi connectivity index (χ0n) is 16.0. The monoisotopic (exact) mass is 394 g/mol. The molecular weight excluding hydrogens is 372 g/mol. The van der Waals surface area contributed by atoms with Crippen LogP contribution in [0.1, 0.15) is 33.1 Å². The second-order valence-electron chi connectivity index (χ2n) is 7.18. The smallest absolute Gasteiger partial charge is 0.271 e. The molecule has 1 aliphatic heterocycles. The zero-order chi connectivity index (χ0) is 20.4. The van der Waals surface area contributed by atoms with Gasteiger partial charge in [-0.3, -0.25) is 19.5 Å². The van der Waals surface area contributed by atoms with Gasteiger partial charge in [-0.15, -0.1) is 0 Å². The van der Waals surface area contributed by atoms with E-state index in [2.05, 4.69) is 20.4 Å². The van der Waals surface area contributed by atoms with Gasteiger partial charge in [0.25, 0.3) is 17.4 Å². The number of carbonyl (C=O) groups is 2. The van der Waals surface area contributed by atoms with Crippen molar-refractivity contribution >= 4 is 11.8 Å². The van der Waals surface area contributed by atoms with Crippen molar-refractivity contribution in [3.8, 4) is 5.69 Å². The van der Waals surface area contributed by atoms with E-state index in [1.807, 2.05) is 18.2 Å². The van der Waals surface area contributed by atoms with Crippen LogP contribution in [0.15, 0.2) is 47.5 Å². The Hall–Kier alpha value is -3.62. The maximum Gasteiger partial charge on any atom is 0.271 e. The molecule has 29 heavy (non-hydrogen) atoms. The molecule has 2 amide bonds. The zero-order valence-corrected chi connectivity index (χ0v) is 16.0. The molecule has 0 aliphatic carbocycles. The number of rotatable bonds is 6. The summed E-state index contributed by atoms with van der Waals surface area (Å²) >= 11 is 0. The van der Waals surface area contributed by atoms with E-state index in [-0.39, 0.29) is 23.1 Å². The average molecular weight is 394 g/mol. The van der Waals surface area contributed by atoms with E-state index in [4.69, 9.17) is 0 Å². The fraction of sp³-hybridized carbons (Fsp3) is 0.300. The van der Waals surface area contributed by atoms with E-state index in [1.165, 1.54) is 17.1 Å². The summed E-state index contributed by atoms with van der Waals surface area (Å²) in [7, 11) is 0. The third-order valence-corrected chi connectivity index (χ3v) is 5.09. The Bertz CT molecular complexity index is 1080. The normalized spacial score (nSPS) is 13.9. The predicted octanol–water partition coefficient (Wildman–Crippen LogP) is 1.09. The first-order valence-electron chi connectivity index (χ1n) is 9.48. The lowest BCUT2D eigenvalue weighted by molar-refractivity contribution is 0.0477. The van der Waals surface area contributed by atoms with E-state index >= 15 is 0 Å². The molecule has 2 aromatic heterocycles. The van der Waals surface area contributed by atoms with Gasteiger partial charge in [-0.25, -0.2) is 9.67 Å². The van der Waals surface area contributed by atoms with E-state index < -0.39 is 0 Å². The predicted molar refractivity (Wildman–Crippen MR) is 106 cm³/mol. The van der Waals surface area contributed by atoms with Crippen LogP contribution in [-0.4, -0.2) is 56.1 Å². The molecule has 150 valence electrons. The number of nitrogens with zero attached hydrogens (tertiary/aromatic N) is 3. The van der Waals surface area contributed by atoms with Gasteiger partial charge in [0.1, 0.15) is 11.4 Å². The molecule has 4 rings (SSSR count). The number of carbonyl (C=O) groups excluding carboxylic acids is 2. The maximum atomic E-state index is 12.6. The van der Waals surface area contributed by atoms with Crippen LogP contribution >= 0.6 is 0 Å². The molecule has 3 aromatic rings. The van der Waals surface area contributed by atoms with Crippen LogP contribution < -0.4 is 10.9 Å².